The first kappa shape index (κ1) is 9.82. The third-order valence-corrected chi connectivity index (χ3v) is 3.45. The summed E-state index contributed by atoms with van der Waals surface area (Å²) >= 11 is 0.329. The van der Waals surface area contributed by atoms with E-state index in [-0.39, 0.29) is 24.6 Å². The molecule has 5 heteroatoms. The zero-order valence-corrected chi connectivity index (χ0v) is 8.25. The molecule has 56 valence electrons. The molecule has 0 unspecified atom stereocenters. The molecule has 0 spiro atoms. The zero-order chi connectivity index (χ0) is 7.84. The first-order valence-corrected chi connectivity index (χ1v) is 4.97. The van der Waals surface area contributed by atoms with Crippen LogP contribution in [0.1, 0.15) is 4.44 Å². The van der Waals surface area contributed by atoms with E-state index < -0.39 is 5.97 Å². The van der Waals surface area contributed by atoms with Crippen molar-refractivity contribution in [3.05, 3.63) is 15.4 Å². The minimum Gasteiger partial charge on any atom is 1.00 e. The molecule has 0 atom stereocenters. The maximum absolute atomic E-state index is 10.3. The Balaban J connectivity index is 0.000000720. The standard InChI is InChI=1S/C7H5NO2Se.Li/c9-7(10)5-3-6-4(8-5)1-2-11-6;/h1-2H,3H2,(H,9,10);/q;+1/p-1. The van der Waals surface area contributed by atoms with E-state index in [9.17, 15) is 9.90 Å². The summed E-state index contributed by atoms with van der Waals surface area (Å²) in [4.78, 5) is 16.3. The molecule has 0 amide bonds. The SMILES string of the molecule is O=C([O-])C1=Nc2cc[se]c2C1.[Li+]. The summed E-state index contributed by atoms with van der Waals surface area (Å²) in [6.45, 7) is 0. The van der Waals surface area contributed by atoms with Gasteiger partial charge in [0.1, 0.15) is 0 Å². The summed E-state index contributed by atoms with van der Waals surface area (Å²) in [6, 6.07) is 1.88. The van der Waals surface area contributed by atoms with Gasteiger partial charge in [-0.15, -0.1) is 0 Å². The minimum absolute atomic E-state index is 0. The van der Waals surface area contributed by atoms with Gasteiger partial charge in [0.25, 0.3) is 0 Å². The van der Waals surface area contributed by atoms with Crippen molar-refractivity contribution < 1.29 is 28.8 Å². The Morgan fingerprint density at radius 1 is 1.67 bits per heavy atom. The van der Waals surface area contributed by atoms with Crippen LogP contribution in [0.3, 0.4) is 0 Å². The van der Waals surface area contributed by atoms with Gasteiger partial charge in [-0.05, 0) is 0 Å². The number of carbonyl (C=O) groups excluding carboxylic acids is 1. The Bertz CT molecular complexity index is 345. The van der Waals surface area contributed by atoms with E-state index in [2.05, 4.69) is 4.99 Å². The van der Waals surface area contributed by atoms with Crippen molar-refractivity contribution in [3.8, 4) is 0 Å². The van der Waals surface area contributed by atoms with Crippen molar-refractivity contribution in [2.45, 2.75) is 6.42 Å². The average molecular weight is 220 g/mol. The molecule has 0 saturated carbocycles. The van der Waals surface area contributed by atoms with E-state index in [1.807, 2.05) is 11.0 Å². The topological polar surface area (TPSA) is 52.5 Å². The predicted octanol–water partition coefficient (Wildman–Crippen LogP) is -3.87. The molecule has 2 rings (SSSR count). The monoisotopic (exact) mass is 221 g/mol. The summed E-state index contributed by atoms with van der Waals surface area (Å²) < 4.78 is 1.16. The molecule has 0 fully saturated rings. The van der Waals surface area contributed by atoms with Crippen LogP contribution < -0.4 is 24.0 Å². The average Bonchev–Trinajstić information content (AvgIpc) is 2.40. The van der Waals surface area contributed by atoms with Gasteiger partial charge >= 0.3 is 87.5 Å². The number of carboxylic acids is 1. The van der Waals surface area contributed by atoms with E-state index in [0.717, 1.165) is 10.1 Å². The molecule has 1 aromatic rings. The van der Waals surface area contributed by atoms with Crippen LogP contribution in [-0.2, 0) is 11.2 Å². The maximum atomic E-state index is 10.3. The fourth-order valence-electron chi connectivity index (χ4n) is 1.02. The van der Waals surface area contributed by atoms with Gasteiger partial charge < -0.3 is 0 Å². The fourth-order valence-corrected chi connectivity index (χ4v) is 2.73. The van der Waals surface area contributed by atoms with Gasteiger partial charge in [0.2, 0.25) is 0 Å². The molecule has 0 radical (unpaired) electrons. The molecule has 1 aliphatic rings. The van der Waals surface area contributed by atoms with E-state index in [1.165, 1.54) is 0 Å². The van der Waals surface area contributed by atoms with Crippen molar-refractivity contribution in [3.63, 3.8) is 0 Å². The van der Waals surface area contributed by atoms with E-state index in [0.29, 0.717) is 20.9 Å². The fraction of sp³-hybridized carbons (Fsp3) is 0.143. The number of fused-ring (bicyclic) bond motifs is 1. The van der Waals surface area contributed by atoms with Crippen LogP contribution >= 0.6 is 0 Å². The van der Waals surface area contributed by atoms with Crippen molar-refractivity contribution in [1.82, 2.24) is 0 Å². The van der Waals surface area contributed by atoms with Crippen LogP contribution in [0.4, 0.5) is 5.69 Å². The number of rotatable bonds is 1. The van der Waals surface area contributed by atoms with Crippen LogP contribution in [-0.4, -0.2) is 26.2 Å². The van der Waals surface area contributed by atoms with Crippen LogP contribution in [0.5, 0.6) is 0 Å². The Kier molecular flexibility index (Phi) is 2.97. The molecular weight excluding hydrogens is 216 g/mol. The second-order valence-electron chi connectivity index (χ2n) is 2.25. The van der Waals surface area contributed by atoms with Crippen LogP contribution in [0.15, 0.2) is 16.0 Å². The zero-order valence-electron chi connectivity index (χ0n) is 6.53. The number of aliphatic carboxylic acids is 1. The summed E-state index contributed by atoms with van der Waals surface area (Å²) in [5.41, 5.74) is 1.03. The van der Waals surface area contributed by atoms with Crippen LogP contribution in [0.25, 0.3) is 0 Å². The number of aliphatic imine (C=N–C) groups is 1. The van der Waals surface area contributed by atoms with E-state index in [4.69, 9.17) is 0 Å². The summed E-state index contributed by atoms with van der Waals surface area (Å²) in [6.07, 6.45) is 0.491. The van der Waals surface area contributed by atoms with Crippen molar-refractivity contribution in [1.29, 1.82) is 0 Å². The second kappa shape index (κ2) is 3.63. The van der Waals surface area contributed by atoms with Gasteiger partial charge in [0.15, 0.2) is 0 Å². The molecular formula is C7H4LiNO2Se. The molecule has 0 saturated heterocycles. The third-order valence-electron chi connectivity index (χ3n) is 1.54. The van der Waals surface area contributed by atoms with Crippen molar-refractivity contribution in [2.75, 3.05) is 0 Å². The largest absolute Gasteiger partial charge is 1.00 e. The van der Waals surface area contributed by atoms with Gasteiger partial charge in [0.05, 0.1) is 0 Å². The molecule has 0 aliphatic carbocycles. The summed E-state index contributed by atoms with van der Waals surface area (Å²) in [5, 5.41) is 10.3. The molecule has 1 aliphatic heterocycles. The molecule has 3 nitrogen and oxygen atoms in total. The summed E-state index contributed by atoms with van der Waals surface area (Å²) in [7, 11) is 0. The Hall–Kier alpha value is -0.263. The molecule has 0 N–H and O–H groups in total. The number of hydrogen-bond acceptors (Lipinski definition) is 3. The van der Waals surface area contributed by atoms with Crippen molar-refractivity contribution >= 4 is 31.9 Å². The molecule has 1 aromatic heterocycles. The predicted molar refractivity (Wildman–Crippen MR) is 39.2 cm³/mol. The molecule has 12 heavy (non-hydrogen) atoms. The van der Waals surface area contributed by atoms with Crippen LogP contribution in [0.2, 0.25) is 0 Å². The van der Waals surface area contributed by atoms with E-state index in [1.54, 1.807) is 0 Å². The number of carboxylic acid groups (broad SMARTS) is 1. The maximum Gasteiger partial charge on any atom is 1.00 e. The minimum atomic E-state index is -1.14. The van der Waals surface area contributed by atoms with Crippen LogP contribution in [0, 0.1) is 0 Å². The smallest absolute Gasteiger partial charge is 1.00 e. The van der Waals surface area contributed by atoms with Gasteiger partial charge in [0, 0.05) is 0 Å². The van der Waals surface area contributed by atoms with Gasteiger partial charge in [-0.2, -0.15) is 0 Å². The Labute approximate surface area is 87.4 Å². The van der Waals surface area contributed by atoms with Gasteiger partial charge in [-0.1, -0.05) is 0 Å². The first-order chi connectivity index (χ1) is 5.27. The normalized spacial score (nSPS) is 13.2. The van der Waals surface area contributed by atoms with E-state index >= 15 is 0 Å². The number of carbonyl (C=O) groups is 1. The molecule has 0 bridgehead atoms. The quantitative estimate of drug-likeness (QED) is 0.454. The first-order valence-electron chi connectivity index (χ1n) is 3.12. The Morgan fingerprint density at radius 2 is 2.42 bits per heavy atom. The van der Waals surface area contributed by atoms with Gasteiger partial charge in [-0.3, -0.25) is 0 Å². The Morgan fingerprint density at radius 3 is 3.00 bits per heavy atom. The van der Waals surface area contributed by atoms with Crippen molar-refractivity contribution in [2.24, 2.45) is 4.99 Å². The number of hydrogen-bond donors (Lipinski definition) is 0. The van der Waals surface area contributed by atoms with Gasteiger partial charge in [-0.25, -0.2) is 0 Å². The molecule has 0 aromatic carbocycles. The second-order valence-corrected chi connectivity index (χ2v) is 4.35. The molecule has 2 heterocycles. The third kappa shape index (κ3) is 1.57. The number of nitrogens with zero attached hydrogens (tertiary/aromatic N) is 1. The summed E-state index contributed by atoms with van der Waals surface area (Å²) in [5.74, 6) is -1.14.